The van der Waals surface area contributed by atoms with Gasteiger partial charge in [0.1, 0.15) is 17.7 Å². The topological polar surface area (TPSA) is 119 Å². The molecule has 3 aliphatic rings. The number of amides is 2. The van der Waals surface area contributed by atoms with E-state index in [4.69, 9.17) is 21.3 Å². The summed E-state index contributed by atoms with van der Waals surface area (Å²) in [5.41, 5.74) is 4.22. The number of aromatic amines is 1. The summed E-state index contributed by atoms with van der Waals surface area (Å²) in [6.07, 6.45) is 4.40. The molecule has 3 aliphatic heterocycles. The maximum absolute atomic E-state index is 14.0. The van der Waals surface area contributed by atoms with E-state index < -0.39 is 17.8 Å². The van der Waals surface area contributed by atoms with Gasteiger partial charge in [-0.25, -0.2) is 23.9 Å². The van der Waals surface area contributed by atoms with Crippen LogP contribution >= 0.6 is 22.9 Å². The van der Waals surface area contributed by atoms with Crippen LogP contribution in [0.1, 0.15) is 29.2 Å². The number of H-pyrrole nitrogens is 1. The average Bonchev–Trinajstić information content (AvgIpc) is 3.85. The van der Waals surface area contributed by atoms with Crippen LogP contribution in [0.25, 0.3) is 11.4 Å². The van der Waals surface area contributed by atoms with Crippen LogP contribution in [-0.2, 0) is 16.0 Å². The van der Waals surface area contributed by atoms with Crippen molar-refractivity contribution >= 4 is 46.5 Å². The van der Waals surface area contributed by atoms with Crippen molar-refractivity contribution in [3.05, 3.63) is 98.6 Å². The fraction of sp³-hybridized carbons (Fsp3) is 0.303. The van der Waals surface area contributed by atoms with Gasteiger partial charge < -0.3 is 19.9 Å². The molecule has 4 aromatic rings. The molecule has 2 fully saturated rings. The number of piperazine rings is 1. The molecule has 2 aromatic heterocycles. The van der Waals surface area contributed by atoms with E-state index in [1.165, 1.54) is 36.6 Å². The molecule has 47 heavy (non-hydrogen) atoms. The number of halogens is 2. The predicted octanol–water partition coefficient (Wildman–Crippen LogP) is 5.03. The zero-order chi connectivity index (χ0) is 32.7. The number of urea groups is 1. The molecular formula is C33H32ClFN8O3S. The van der Waals surface area contributed by atoms with E-state index in [-0.39, 0.29) is 22.7 Å². The number of rotatable bonds is 8. The Kier molecular flexibility index (Phi) is 8.52. The number of imidazole rings is 1. The highest BCUT2D eigenvalue weighted by Crippen LogP contribution is 2.37. The van der Waals surface area contributed by atoms with E-state index in [1.807, 2.05) is 45.6 Å². The Labute approximate surface area is 279 Å². The quantitative estimate of drug-likeness (QED) is 0.252. The molecule has 11 nitrogen and oxygen atoms in total. The van der Waals surface area contributed by atoms with Crippen molar-refractivity contribution in [2.45, 2.75) is 25.4 Å². The molecule has 0 spiro atoms. The standard InChI is InChI=1S/C33H32ClFN8O3S/c1-3-21-15-37-29(38-21)19-4-7-22(8-5-19)43-17-23-16-41(11-12-42(23)33(43)45)18-26-27(32(44)46-2)28(24-9-6-20(35)14-25(24)34)40-30(39-26)31-36-10-13-47-31/h4-10,13-15,23,28H,3,11-12,16-18H2,1-2H3,(H,37,38)(H,39,40). The number of aromatic nitrogens is 3. The number of nitrogens with zero attached hydrogens (tertiary/aromatic N) is 6. The number of aliphatic imine (C=N–C) groups is 1. The van der Waals surface area contributed by atoms with Crippen LogP contribution in [0.5, 0.6) is 0 Å². The Morgan fingerprint density at radius 2 is 1.98 bits per heavy atom. The van der Waals surface area contributed by atoms with Gasteiger partial charge in [0, 0.05) is 83.7 Å². The number of carbonyl (C=O) groups is 2. The van der Waals surface area contributed by atoms with Crippen molar-refractivity contribution in [1.29, 1.82) is 0 Å². The number of hydrogen-bond acceptors (Lipinski definition) is 9. The number of esters is 1. The number of ether oxygens (including phenoxy) is 1. The van der Waals surface area contributed by atoms with E-state index in [1.54, 1.807) is 6.20 Å². The number of carbonyl (C=O) groups excluding carboxylic acids is 2. The maximum Gasteiger partial charge on any atom is 0.338 e. The molecule has 2 aromatic carbocycles. The molecule has 7 rings (SSSR count). The second kappa shape index (κ2) is 12.9. The van der Waals surface area contributed by atoms with Crippen LogP contribution in [0.3, 0.4) is 0 Å². The van der Waals surface area contributed by atoms with Crippen LogP contribution in [0.15, 0.2) is 76.5 Å². The summed E-state index contributed by atoms with van der Waals surface area (Å²) in [5.74, 6) is 0.235. The van der Waals surface area contributed by atoms with Crippen LogP contribution in [0.2, 0.25) is 5.02 Å². The third kappa shape index (κ3) is 6.01. The van der Waals surface area contributed by atoms with Gasteiger partial charge in [0.2, 0.25) is 0 Å². The SMILES string of the molecule is CCc1cnc(-c2ccc(N3CC4CN(CC5=C(C(=O)OC)C(c6ccc(F)cc6Cl)N=C(c6nccs6)N5)CCN4C3=O)cc2)[nH]1. The molecule has 0 bridgehead atoms. The molecule has 2 saturated heterocycles. The zero-order valence-electron chi connectivity index (χ0n) is 25.7. The third-order valence-electron chi connectivity index (χ3n) is 8.70. The number of thiazole rings is 1. The van der Waals surface area contributed by atoms with E-state index in [0.717, 1.165) is 29.2 Å². The molecule has 14 heteroatoms. The lowest BCUT2D eigenvalue weighted by molar-refractivity contribution is -0.136. The molecule has 0 radical (unpaired) electrons. The molecule has 2 N–H and O–H groups in total. The smallest absolute Gasteiger partial charge is 0.338 e. The van der Waals surface area contributed by atoms with Gasteiger partial charge in [-0.3, -0.25) is 14.8 Å². The number of aryl methyl sites for hydroxylation is 1. The highest BCUT2D eigenvalue weighted by molar-refractivity contribution is 7.11. The minimum Gasteiger partial charge on any atom is -0.466 e. The molecule has 0 aliphatic carbocycles. The number of hydrogen-bond donors (Lipinski definition) is 2. The summed E-state index contributed by atoms with van der Waals surface area (Å²) < 4.78 is 19.2. The van der Waals surface area contributed by atoms with Gasteiger partial charge in [-0.15, -0.1) is 11.3 Å². The second-order valence-electron chi connectivity index (χ2n) is 11.5. The molecular weight excluding hydrogens is 643 g/mol. The van der Waals surface area contributed by atoms with Gasteiger partial charge in [0.05, 0.1) is 18.7 Å². The predicted molar refractivity (Wildman–Crippen MR) is 178 cm³/mol. The van der Waals surface area contributed by atoms with Crippen molar-refractivity contribution in [2.24, 2.45) is 4.99 Å². The molecule has 2 amide bonds. The van der Waals surface area contributed by atoms with E-state index in [2.05, 4.69) is 32.1 Å². The normalized spacial score (nSPS) is 19.9. The van der Waals surface area contributed by atoms with E-state index in [9.17, 15) is 14.0 Å². The van der Waals surface area contributed by atoms with Crippen LogP contribution in [0.4, 0.5) is 14.9 Å². The largest absolute Gasteiger partial charge is 0.466 e. The Bertz CT molecular complexity index is 1880. The lowest BCUT2D eigenvalue weighted by Crippen LogP contribution is -2.53. The third-order valence-corrected chi connectivity index (χ3v) is 9.81. The van der Waals surface area contributed by atoms with Gasteiger partial charge in [-0.05, 0) is 42.8 Å². The lowest BCUT2D eigenvalue weighted by Gasteiger charge is -2.38. The van der Waals surface area contributed by atoms with E-state index >= 15 is 0 Å². The highest BCUT2D eigenvalue weighted by atomic mass is 35.5. The van der Waals surface area contributed by atoms with Gasteiger partial charge in [0.25, 0.3) is 0 Å². The maximum atomic E-state index is 14.0. The number of amidine groups is 1. The van der Waals surface area contributed by atoms with Crippen molar-refractivity contribution in [1.82, 2.24) is 30.1 Å². The Hall–Kier alpha value is -4.59. The zero-order valence-corrected chi connectivity index (χ0v) is 27.3. The van der Waals surface area contributed by atoms with Crippen molar-refractivity contribution in [3.63, 3.8) is 0 Å². The summed E-state index contributed by atoms with van der Waals surface area (Å²) >= 11 is 7.90. The summed E-state index contributed by atoms with van der Waals surface area (Å²) in [4.78, 5) is 49.8. The minimum atomic E-state index is -0.840. The van der Waals surface area contributed by atoms with Gasteiger partial charge in [-0.1, -0.05) is 24.6 Å². The number of benzene rings is 2. The van der Waals surface area contributed by atoms with Gasteiger partial charge >= 0.3 is 12.0 Å². The molecule has 0 saturated carbocycles. The number of fused-ring (bicyclic) bond motifs is 1. The Balaban J connectivity index is 1.13. The molecule has 2 atom stereocenters. The first-order valence-corrected chi connectivity index (χ1v) is 16.5. The van der Waals surface area contributed by atoms with E-state index in [0.29, 0.717) is 54.8 Å². The fourth-order valence-electron chi connectivity index (χ4n) is 6.31. The second-order valence-corrected chi connectivity index (χ2v) is 12.8. The average molecular weight is 675 g/mol. The Morgan fingerprint density at radius 3 is 2.68 bits per heavy atom. The van der Waals surface area contributed by atoms with Crippen LogP contribution in [-0.4, -0.2) is 88.5 Å². The first kappa shape index (κ1) is 31.0. The first-order valence-electron chi connectivity index (χ1n) is 15.3. The molecule has 242 valence electrons. The highest BCUT2D eigenvalue weighted by Gasteiger charge is 2.42. The first-order chi connectivity index (χ1) is 22.8. The van der Waals surface area contributed by atoms with Crippen LogP contribution < -0.4 is 10.2 Å². The molecule has 5 heterocycles. The number of anilines is 1. The van der Waals surface area contributed by atoms with Crippen LogP contribution in [0, 0.1) is 5.82 Å². The molecule has 2 unspecified atom stereocenters. The summed E-state index contributed by atoms with van der Waals surface area (Å²) in [6, 6.07) is 11.0. The number of nitrogens with one attached hydrogen (secondary N) is 2. The summed E-state index contributed by atoms with van der Waals surface area (Å²) in [7, 11) is 1.32. The van der Waals surface area contributed by atoms with Crippen molar-refractivity contribution in [2.75, 3.05) is 44.7 Å². The Morgan fingerprint density at radius 1 is 1.15 bits per heavy atom. The fourth-order valence-corrected chi connectivity index (χ4v) is 7.17. The minimum absolute atomic E-state index is 0.0249. The lowest BCUT2D eigenvalue weighted by atomic mass is 9.95. The van der Waals surface area contributed by atoms with Gasteiger partial charge in [-0.2, -0.15) is 0 Å². The van der Waals surface area contributed by atoms with Gasteiger partial charge in [0.15, 0.2) is 10.8 Å². The number of methoxy groups -OCH3 is 1. The summed E-state index contributed by atoms with van der Waals surface area (Å²) in [5, 5.41) is 5.98. The summed E-state index contributed by atoms with van der Waals surface area (Å²) in [6.45, 7) is 4.69. The van der Waals surface area contributed by atoms with Crippen molar-refractivity contribution in [3.8, 4) is 11.4 Å². The van der Waals surface area contributed by atoms with Crippen molar-refractivity contribution < 1.29 is 18.7 Å². The monoisotopic (exact) mass is 674 g/mol.